The van der Waals surface area contributed by atoms with Gasteiger partial charge in [-0.05, 0) is 38.5 Å². The minimum atomic E-state index is -0.162. The maximum absolute atomic E-state index is 12.3. The van der Waals surface area contributed by atoms with Crippen LogP contribution in [0, 0.1) is 11.3 Å². The van der Waals surface area contributed by atoms with Crippen molar-refractivity contribution in [1.82, 2.24) is 5.32 Å². The molecule has 2 heteroatoms. The molecule has 0 bridgehead atoms. The lowest BCUT2D eigenvalue weighted by atomic mass is 9.76. The van der Waals surface area contributed by atoms with E-state index in [0.717, 1.165) is 38.1 Å². The van der Waals surface area contributed by atoms with Crippen LogP contribution in [0.2, 0.25) is 0 Å². The van der Waals surface area contributed by atoms with Crippen LogP contribution in [-0.4, -0.2) is 12.5 Å². The van der Waals surface area contributed by atoms with Gasteiger partial charge < -0.3 is 5.32 Å². The van der Waals surface area contributed by atoms with Gasteiger partial charge in [0.05, 0.1) is 5.41 Å². The van der Waals surface area contributed by atoms with Crippen molar-refractivity contribution < 1.29 is 4.79 Å². The number of allylic oxidation sites excluding steroid dienone is 2. The lowest BCUT2D eigenvalue weighted by Gasteiger charge is -2.30. The van der Waals surface area contributed by atoms with Gasteiger partial charge in [-0.15, -0.1) is 0 Å². The first-order valence-corrected chi connectivity index (χ1v) is 8.54. The van der Waals surface area contributed by atoms with E-state index in [-0.39, 0.29) is 11.3 Å². The van der Waals surface area contributed by atoms with Crippen LogP contribution in [0.1, 0.15) is 78.1 Å². The number of unbranched alkanes of at least 4 members (excludes halogenated alkanes) is 1. The number of hydrogen-bond acceptors (Lipinski definition) is 1. The van der Waals surface area contributed by atoms with E-state index in [9.17, 15) is 4.79 Å². The fourth-order valence-corrected chi connectivity index (χ4v) is 3.56. The Balaban J connectivity index is 1.60. The molecule has 0 spiro atoms. The van der Waals surface area contributed by atoms with Gasteiger partial charge in [0.25, 0.3) is 0 Å². The van der Waals surface area contributed by atoms with Crippen molar-refractivity contribution >= 4 is 5.91 Å². The van der Waals surface area contributed by atoms with Gasteiger partial charge in [-0.25, -0.2) is 0 Å². The molecule has 0 radical (unpaired) electrons. The maximum Gasteiger partial charge on any atom is 0.226 e. The first kappa shape index (κ1) is 15.6. The summed E-state index contributed by atoms with van der Waals surface area (Å²) in [5.74, 6) is 1.25. The van der Waals surface area contributed by atoms with Gasteiger partial charge in [-0.3, -0.25) is 4.79 Å². The molecular formula is C18H31NO. The molecule has 114 valence electrons. The molecule has 2 aliphatic rings. The average molecular weight is 277 g/mol. The molecule has 1 N–H and O–H groups in total. The van der Waals surface area contributed by atoms with Crippen LogP contribution in [-0.2, 0) is 4.79 Å². The highest BCUT2D eigenvalue weighted by molar-refractivity contribution is 5.82. The lowest BCUT2D eigenvalue weighted by molar-refractivity contribution is -0.130. The molecular weight excluding hydrogens is 246 g/mol. The summed E-state index contributed by atoms with van der Waals surface area (Å²) in [5, 5.41) is 3.16. The zero-order valence-electron chi connectivity index (χ0n) is 13.3. The van der Waals surface area contributed by atoms with Gasteiger partial charge in [-0.1, -0.05) is 57.1 Å². The Morgan fingerprint density at radius 2 is 2.10 bits per heavy atom. The number of hydrogen-bond donors (Lipinski definition) is 1. The van der Waals surface area contributed by atoms with E-state index in [1.807, 2.05) is 0 Å². The predicted molar refractivity (Wildman–Crippen MR) is 84.5 cm³/mol. The maximum atomic E-state index is 12.3. The average Bonchev–Trinajstić information content (AvgIpc) is 2.95. The van der Waals surface area contributed by atoms with Crippen LogP contribution in [0.15, 0.2) is 11.6 Å². The van der Waals surface area contributed by atoms with Gasteiger partial charge in [0.1, 0.15) is 0 Å². The molecule has 0 aromatic heterocycles. The van der Waals surface area contributed by atoms with Crippen LogP contribution in [0.4, 0.5) is 0 Å². The molecule has 0 aliphatic heterocycles. The summed E-state index contributed by atoms with van der Waals surface area (Å²) in [6.45, 7) is 5.15. The fraction of sp³-hybridized carbons (Fsp3) is 0.833. The van der Waals surface area contributed by atoms with E-state index in [1.165, 1.54) is 44.1 Å². The third kappa shape index (κ3) is 4.36. The number of carbonyl (C=O) groups is 1. The van der Waals surface area contributed by atoms with Crippen molar-refractivity contribution in [2.75, 3.05) is 6.54 Å². The standard InChI is InChI=1S/C18H31NO/c1-15-10-12-18(2,13-11-15)17(20)19-14-6-5-9-16-7-3-4-8-16/h10,16H,3-9,11-14H2,1-2H3,(H,19,20). The van der Waals surface area contributed by atoms with Crippen LogP contribution >= 0.6 is 0 Å². The summed E-state index contributed by atoms with van der Waals surface area (Å²) in [6, 6.07) is 0. The molecule has 2 aliphatic carbocycles. The summed E-state index contributed by atoms with van der Waals surface area (Å²) in [4.78, 5) is 12.3. The molecule has 0 heterocycles. The van der Waals surface area contributed by atoms with Crippen molar-refractivity contribution in [3.8, 4) is 0 Å². The third-order valence-corrected chi connectivity index (χ3v) is 5.32. The molecule has 2 rings (SSSR count). The predicted octanol–water partition coefficient (Wildman–Crippen LogP) is 4.60. The zero-order valence-corrected chi connectivity index (χ0v) is 13.3. The molecule has 1 fully saturated rings. The normalized spacial score (nSPS) is 27.4. The Bertz CT molecular complexity index is 354. The smallest absolute Gasteiger partial charge is 0.226 e. The summed E-state index contributed by atoms with van der Waals surface area (Å²) in [7, 11) is 0. The highest BCUT2D eigenvalue weighted by atomic mass is 16.2. The number of carbonyl (C=O) groups excluding carboxylic acids is 1. The molecule has 1 unspecified atom stereocenters. The largest absolute Gasteiger partial charge is 0.356 e. The van der Waals surface area contributed by atoms with Crippen LogP contribution in [0.5, 0.6) is 0 Å². The van der Waals surface area contributed by atoms with Crippen LogP contribution in [0.3, 0.4) is 0 Å². The van der Waals surface area contributed by atoms with Crippen molar-refractivity contribution in [2.45, 2.75) is 78.1 Å². The monoisotopic (exact) mass is 277 g/mol. The SMILES string of the molecule is CC1=CCC(C)(C(=O)NCCCCC2CCCC2)CC1. The Labute approximate surface area is 124 Å². The number of nitrogens with one attached hydrogen (secondary N) is 1. The first-order chi connectivity index (χ1) is 9.60. The van der Waals surface area contributed by atoms with E-state index in [2.05, 4.69) is 25.2 Å². The second-order valence-corrected chi connectivity index (χ2v) is 7.22. The second kappa shape index (κ2) is 7.28. The summed E-state index contributed by atoms with van der Waals surface area (Å²) in [6.07, 6.45) is 14.8. The van der Waals surface area contributed by atoms with E-state index in [1.54, 1.807) is 0 Å². The molecule has 0 saturated heterocycles. The van der Waals surface area contributed by atoms with Gasteiger partial charge >= 0.3 is 0 Å². The van der Waals surface area contributed by atoms with Crippen molar-refractivity contribution in [2.24, 2.45) is 11.3 Å². The van der Waals surface area contributed by atoms with Crippen LogP contribution < -0.4 is 5.32 Å². The van der Waals surface area contributed by atoms with E-state index >= 15 is 0 Å². The highest BCUT2D eigenvalue weighted by Gasteiger charge is 2.33. The van der Waals surface area contributed by atoms with Crippen molar-refractivity contribution in [3.05, 3.63) is 11.6 Å². The Hall–Kier alpha value is -0.790. The molecule has 1 saturated carbocycles. The topological polar surface area (TPSA) is 29.1 Å². The van der Waals surface area contributed by atoms with E-state index < -0.39 is 0 Å². The Kier molecular flexibility index (Phi) is 5.68. The molecule has 1 atom stereocenters. The van der Waals surface area contributed by atoms with Crippen LogP contribution in [0.25, 0.3) is 0 Å². The van der Waals surface area contributed by atoms with Gasteiger partial charge in [0.2, 0.25) is 5.91 Å². The Morgan fingerprint density at radius 3 is 2.75 bits per heavy atom. The van der Waals surface area contributed by atoms with E-state index in [4.69, 9.17) is 0 Å². The van der Waals surface area contributed by atoms with Gasteiger partial charge in [-0.2, -0.15) is 0 Å². The molecule has 20 heavy (non-hydrogen) atoms. The van der Waals surface area contributed by atoms with Gasteiger partial charge in [0.15, 0.2) is 0 Å². The lowest BCUT2D eigenvalue weighted by Crippen LogP contribution is -2.40. The zero-order chi connectivity index (χ0) is 14.4. The molecule has 2 nitrogen and oxygen atoms in total. The highest BCUT2D eigenvalue weighted by Crippen LogP contribution is 2.35. The summed E-state index contributed by atoms with van der Waals surface area (Å²) < 4.78 is 0. The van der Waals surface area contributed by atoms with E-state index in [0.29, 0.717) is 0 Å². The minimum absolute atomic E-state index is 0.162. The minimum Gasteiger partial charge on any atom is -0.356 e. The summed E-state index contributed by atoms with van der Waals surface area (Å²) in [5.41, 5.74) is 1.28. The van der Waals surface area contributed by atoms with Gasteiger partial charge in [0, 0.05) is 6.54 Å². The first-order valence-electron chi connectivity index (χ1n) is 8.54. The summed E-state index contributed by atoms with van der Waals surface area (Å²) >= 11 is 0. The molecule has 0 aromatic rings. The number of rotatable bonds is 6. The number of amides is 1. The quantitative estimate of drug-likeness (QED) is 0.558. The van der Waals surface area contributed by atoms with Crippen molar-refractivity contribution in [1.29, 1.82) is 0 Å². The Morgan fingerprint density at radius 1 is 1.35 bits per heavy atom. The van der Waals surface area contributed by atoms with Crippen molar-refractivity contribution in [3.63, 3.8) is 0 Å². The molecule has 0 aromatic carbocycles. The fourth-order valence-electron chi connectivity index (χ4n) is 3.56. The molecule has 1 amide bonds. The second-order valence-electron chi connectivity index (χ2n) is 7.22. The third-order valence-electron chi connectivity index (χ3n) is 5.32.